The smallest absolute Gasteiger partial charge is 0.320 e. The van der Waals surface area contributed by atoms with Gasteiger partial charge in [0, 0.05) is 18.0 Å². The molecule has 1 aromatic carbocycles. The first kappa shape index (κ1) is 19.8. The van der Waals surface area contributed by atoms with E-state index in [1.54, 1.807) is 10.7 Å². The van der Waals surface area contributed by atoms with Gasteiger partial charge in [0.05, 0.1) is 19.7 Å². The predicted molar refractivity (Wildman–Crippen MR) is 106 cm³/mol. The number of nitrogens with zero attached hydrogens (tertiary/aromatic N) is 6. The van der Waals surface area contributed by atoms with Crippen LogP contribution in [0.1, 0.15) is 31.7 Å². The first-order chi connectivity index (χ1) is 14.0. The number of benzene rings is 1. The average Bonchev–Trinajstić information content (AvgIpc) is 3.26. The van der Waals surface area contributed by atoms with Crippen molar-refractivity contribution in [2.24, 2.45) is 0 Å². The summed E-state index contributed by atoms with van der Waals surface area (Å²) in [5.74, 6) is -2.43. The van der Waals surface area contributed by atoms with E-state index in [4.69, 9.17) is 16.3 Å². The van der Waals surface area contributed by atoms with Crippen molar-refractivity contribution in [1.82, 2.24) is 25.0 Å². The molecule has 0 atom stereocenters. The van der Waals surface area contributed by atoms with Crippen molar-refractivity contribution >= 4 is 28.6 Å². The molecular weight excluding hydrogens is 402 g/mol. The van der Waals surface area contributed by atoms with E-state index in [0.29, 0.717) is 35.2 Å². The molecule has 1 aliphatic heterocycles. The van der Waals surface area contributed by atoms with Crippen LogP contribution in [0, 0.1) is 0 Å². The van der Waals surface area contributed by atoms with E-state index in [1.165, 1.54) is 4.90 Å². The summed E-state index contributed by atoms with van der Waals surface area (Å²) in [4.78, 5) is 10.3. The molecule has 4 rings (SSSR count). The van der Waals surface area contributed by atoms with Gasteiger partial charge in [0.25, 0.3) is 5.92 Å². The van der Waals surface area contributed by atoms with Crippen molar-refractivity contribution < 1.29 is 13.5 Å². The topological polar surface area (TPSA) is 69.0 Å². The van der Waals surface area contributed by atoms with Gasteiger partial charge < -0.3 is 9.64 Å². The van der Waals surface area contributed by atoms with Crippen LogP contribution in [-0.2, 0) is 6.54 Å². The number of fused-ring (bicyclic) bond motifs is 1. The van der Waals surface area contributed by atoms with E-state index >= 15 is 0 Å². The summed E-state index contributed by atoms with van der Waals surface area (Å²) in [6.07, 6.45) is 1.58. The Kier molecular flexibility index (Phi) is 5.49. The molecular formula is C19H21ClF2N6O. The largest absolute Gasteiger partial charge is 0.463 e. The Bertz CT molecular complexity index is 1010. The standard InChI is InChI=1S/C19H21ClF2N6O/c1-2-3-10-29-18-23-16(27-9-8-19(21,22)12-27)15-17(24-18)28(26-25-15)11-13-6-4-5-7-14(13)20/h4-7H,2-3,8-12H2,1H3. The number of halogens is 3. The number of anilines is 1. The Balaban J connectivity index is 1.73. The van der Waals surface area contributed by atoms with Gasteiger partial charge in [-0.25, -0.2) is 13.5 Å². The Labute approximate surface area is 171 Å². The number of ether oxygens (including phenoxy) is 1. The molecule has 1 fully saturated rings. The zero-order valence-electron chi connectivity index (χ0n) is 16.0. The Morgan fingerprint density at radius 2 is 2.07 bits per heavy atom. The predicted octanol–water partition coefficient (Wildman–Crippen LogP) is 3.95. The minimum atomic E-state index is -2.76. The van der Waals surface area contributed by atoms with Crippen LogP contribution < -0.4 is 9.64 Å². The average molecular weight is 423 g/mol. The molecule has 0 bridgehead atoms. The van der Waals surface area contributed by atoms with Crippen LogP contribution in [0.4, 0.5) is 14.6 Å². The van der Waals surface area contributed by atoms with Gasteiger partial charge in [0.15, 0.2) is 17.0 Å². The molecule has 3 aromatic rings. The Hall–Kier alpha value is -2.55. The van der Waals surface area contributed by atoms with Crippen LogP contribution in [0.2, 0.25) is 5.02 Å². The molecule has 0 saturated carbocycles. The normalized spacial score (nSPS) is 15.9. The van der Waals surface area contributed by atoms with Gasteiger partial charge in [-0.3, -0.25) is 0 Å². The molecule has 7 nitrogen and oxygen atoms in total. The lowest BCUT2D eigenvalue weighted by molar-refractivity contribution is 0.0257. The zero-order chi connectivity index (χ0) is 20.4. The summed E-state index contributed by atoms with van der Waals surface area (Å²) in [7, 11) is 0. The van der Waals surface area contributed by atoms with Crippen LogP contribution >= 0.6 is 11.6 Å². The third-order valence-corrected chi connectivity index (χ3v) is 5.17. The SMILES string of the molecule is CCCCOc1nc(N2CCC(F)(F)C2)c2nnn(Cc3ccccc3Cl)c2n1. The molecule has 10 heteroatoms. The van der Waals surface area contributed by atoms with Crippen molar-refractivity contribution in [3.05, 3.63) is 34.9 Å². The molecule has 1 aliphatic rings. The van der Waals surface area contributed by atoms with E-state index in [-0.39, 0.29) is 19.0 Å². The zero-order valence-corrected chi connectivity index (χ0v) is 16.7. The maximum atomic E-state index is 13.8. The maximum Gasteiger partial charge on any atom is 0.320 e. The Morgan fingerprint density at radius 1 is 1.24 bits per heavy atom. The molecule has 1 saturated heterocycles. The summed E-state index contributed by atoms with van der Waals surface area (Å²) >= 11 is 6.26. The third kappa shape index (κ3) is 4.24. The number of unbranched alkanes of at least 4 members (excludes halogenated alkanes) is 1. The van der Waals surface area contributed by atoms with Crippen LogP contribution in [-0.4, -0.2) is 50.6 Å². The van der Waals surface area contributed by atoms with E-state index in [2.05, 4.69) is 20.3 Å². The lowest BCUT2D eigenvalue weighted by atomic mass is 10.2. The Morgan fingerprint density at radius 3 is 2.79 bits per heavy atom. The first-order valence-corrected chi connectivity index (χ1v) is 9.95. The second-order valence-corrected chi connectivity index (χ2v) is 7.48. The highest BCUT2D eigenvalue weighted by Crippen LogP contribution is 2.33. The molecule has 29 heavy (non-hydrogen) atoms. The quantitative estimate of drug-likeness (QED) is 0.537. The van der Waals surface area contributed by atoms with Crippen molar-refractivity contribution in [2.75, 3.05) is 24.6 Å². The molecule has 0 unspecified atom stereocenters. The van der Waals surface area contributed by atoms with Crippen molar-refractivity contribution in [2.45, 2.75) is 38.7 Å². The monoisotopic (exact) mass is 422 g/mol. The van der Waals surface area contributed by atoms with Gasteiger partial charge >= 0.3 is 6.01 Å². The fraction of sp³-hybridized carbons (Fsp3) is 0.474. The van der Waals surface area contributed by atoms with E-state index in [9.17, 15) is 8.78 Å². The second kappa shape index (κ2) is 8.06. The first-order valence-electron chi connectivity index (χ1n) is 9.57. The van der Waals surface area contributed by atoms with Gasteiger partial charge in [-0.15, -0.1) is 5.10 Å². The highest BCUT2D eigenvalue weighted by Gasteiger charge is 2.40. The highest BCUT2D eigenvalue weighted by molar-refractivity contribution is 6.31. The second-order valence-electron chi connectivity index (χ2n) is 7.07. The number of rotatable bonds is 7. The van der Waals surface area contributed by atoms with E-state index in [0.717, 1.165) is 18.4 Å². The molecule has 2 aromatic heterocycles. The van der Waals surface area contributed by atoms with Gasteiger partial charge in [0.1, 0.15) is 0 Å². The van der Waals surface area contributed by atoms with Gasteiger partial charge in [0.2, 0.25) is 0 Å². The van der Waals surface area contributed by atoms with Crippen LogP contribution in [0.25, 0.3) is 11.2 Å². The summed E-state index contributed by atoms with van der Waals surface area (Å²) in [5.41, 5.74) is 1.65. The van der Waals surface area contributed by atoms with Crippen molar-refractivity contribution in [3.8, 4) is 6.01 Å². The van der Waals surface area contributed by atoms with Crippen molar-refractivity contribution in [1.29, 1.82) is 0 Å². The molecule has 0 N–H and O–H groups in total. The highest BCUT2D eigenvalue weighted by atomic mass is 35.5. The minimum Gasteiger partial charge on any atom is -0.463 e. The molecule has 0 amide bonds. The molecule has 0 spiro atoms. The van der Waals surface area contributed by atoms with Crippen LogP contribution in [0.5, 0.6) is 6.01 Å². The lowest BCUT2D eigenvalue weighted by Gasteiger charge is -2.17. The number of hydrogen-bond acceptors (Lipinski definition) is 6. The van der Waals surface area contributed by atoms with E-state index < -0.39 is 12.5 Å². The van der Waals surface area contributed by atoms with Crippen LogP contribution in [0.15, 0.2) is 24.3 Å². The fourth-order valence-corrected chi connectivity index (χ4v) is 3.42. The maximum absolute atomic E-state index is 13.8. The summed E-state index contributed by atoms with van der Waals surface area (Å²) < 4.78 is 34.8. The minimum absolute atomic E-state index is 0.138. The molecule has 0 aliphatic carbocycles. The molecule has 154 valence electrons. The molecule has 3 heterocycles. The van der Waals surface area contributed by atoms with Gasteiger partial charge in [-0.05, 0) is 18.1 Å². The van der Waals surface area contributed by atoms with Gasteiger partial charge in [-0.1, -0.05) is 48.4 Å². The lowest BCUT2D eigenvalue weighted by Crippen LogP contribution is -2.26. The van der Waals surface area contributed by atoms with E-state index in [1.807, 2.05) is 25.1 Å². The van der Waals surface area contributed by atoms with Crippen LogP contribution in [0.3, 0.4) is 0 Å². The fourth-order valence-electron chi connectivity index (χ4n) is 3.23. The summed E-state index contributed by atoms with van der Waals surface area (Å²) in [6.45, 7) is 2.62. The summed E-state index contributed by atoms with van der Waals surface area (Å²) in [5, 5.41) is 8.95. The third-order valence-electron chi connectivity index (χ3n) is 4.80. The van der Waals surface area contributed by atoms with Gasteiger partial charge in [-0.2, -0.15) is 9.97 Å². The van der Waals surface area contributed by atoms with Crippen molar-refractivity contribution in [3.63, 3.8) is 0 Å². The number of aromatic nitrogens is 5. The molecule has 0 radical (unpaired) electrons. The number of alkyl halides is 2. The number of hydrogen-bond donors (Lipinski definition) is 0. The summed E-state index contributed by atoms with van der Waals surface area (Å²) in [6, 6.07) is 7.55.